The molecule has 2 aromatic heterocycles. The van der Waals surface area contributed by atoms with Crippen molar-refractivity contribution < 1.29 is 4.39 Å². The summed E-state index contributed by atoms with van der Waals surface area (Å²) in [6.45, 7) is 0. The molecule has 90 valence electrons. The second-order valence-corrected chi connectivity index (χ2v) is 5.06. The summed E-state index contributed by atoms with van der Waals surface area (Å²) in [6, 6.07) is 8.32. The molecular formula is C12H6ClFN2OS. The molecule has 0 aliphatic rings. The monoisotopic (exact) mass is 280 g/mol. The van der Waals surface area contributed by atoms with E-state index in [2.05, 4.69) is 4.98 Å². The first-order valence-corrected chi connectivity index (χ1v) is 6.28. The minimum Gasteiger partial charge on any atom is -0.256 e. The summed E-state index contributed by atoms with van der Waals surface area (Å²) in [7, 11) is 0. The van der Waals surface area contributed by atoms with E-state index in [1.54, 1.807) is 12.1 Å². The number of thiazole rings is 1. The Labute approximate surface area is 110 Å². The fraction of sp³-hybridized carbons (Fsp3) is 0. The highest BCUT2D eigenvalue weighted by Gasteiger charge is 2.14. The van der Waals surface area contributed by atoms with Gasteiger partial charge in [-0.25, -0.2) is 13.9 Å². The smallest absolute Gasteiger partial charge is 0.256 e. The van der Waals surface area contributed by atoms with E-state index < -0.39 is 5.82 Å². The van der Waals surface area contributed by atoms with E-state index in [1.165, 1.54) is 10.8 Å². The Kier molecular flexibility index (Phi) is 2.65. The number of halogens is 2. The molecule has 0 saturated carbocycles. The van der Waals surface area contributed by atoms with Crippen LogP contribution in [0.1, 0.15) is 0 Å². The van der Waals surface area contributed by atoms with Gasteiger partial charge in [-0.15, -0.1) is 0 Å². The molecule has 18 heavy (non-hydrogen) atoms. The first-order chi connectivity index (χ1) is 8.66. The normalized spacial score (nSPS) is 11.0. The van der Waals surface area contributed by atoms with Crippen LogP contribution < -0.4 is 4.87 Å². The van der Waals surface area contributed by atoms with Gasteiger partial charge in [0.2, 0.25) is 0 Å². The van der Waals surface area contributed by atoms with Crippen molar-refractivity contribution in [2.24, 2.45) is 0 Å². The molecule has 3 aromatic rings. The first kappa shape index (κ1) is 11.4. The van der Waals surface area contributed by atoms with Crippen molar-refractivity contribution in [1.29, 1.82) is 0 Å². The van der Waals surface area contributed by atoms with E-state index in [-0.39, 0.29) is 15.7 Å². The van der Waals surface area contributed by atoms with Gasteiger partial charge in [0.1, 0.15) is 0 Å². The zero-order valence-electron chi connectivity index (χ0n) is 8.93. The number of para-hydroxylation sites is 1. The summed E-state index contributed by atoms with van der Waals surface area (Å²) < 4.78 is 15.9. The topological polar surface area (TPSA) is 34.9 Å². The van der Waals surface area contributed by atoms with Crippen LogP contribution in [-0.4, -0.2) is 9.55 Å². The average molecular weight is 281 g/mol. The Hall–Kier alpha value is -1.72. The van der Waals surface area contributed by atoms with E-state index in [9.17, 15) is 9.18 Å². The summed E-state index contributed by atoms with van der Waals surface area (Å²) in [5, 5.41) is 0.198. The largest absolute Gasteiger partial charge is 0.314 e. The van der Waals surface area contributed by atoms with Gasteiger partial charge in [0, 0.05) is 6.20 Å². The van der Waals surface area contributed by atoms with E-state index in [0.717, 1.165) is 22.1 Å². The fourth-order valence-corrected chi connectivity index (χ4v) is 2.76. The molecule has 3 rings (SSSR count). The Morgan fingerprint density at radius 2 is 2.11 bits per heavy atom. The van der Waals surface area contributed by atoms with Crippen LogP contribution in [0.4, 0.5) is 4.39 Å². The Morgan fingerprint density at radius 1 is 1.33 bits per heavy atom. The minimum atomic E-state index is -0.617. The maximum absolute atomic E-state index is 13.8. The van der Waals surface area contributed by atoms with Gasteiger partial charge in [-0.3, -0.25) is 4.79 Å². The van der Waals surface area contributed by atoms with Crippen LogP contribution in [0.15, 0.2) is 41.3 Å². The molecule has 0 fully saturated rings. The molecule has 1 aromatic carbocycles. The van der Waals surface area contributed by atoms with Crippen LogP contribution >= 0.6 is 22.9 Å². The van der Waals surface area contributed by atoms with Crippen LogP contribution in [0, 0.1) is 5.82 Å². The predicted molar refractivity (Wildman–Crippen MR) is 70.2 cm³/mol. The molecule has 0 unspecified atom stereocenters. The van der Waals surface area contributed by atoms with Crippen molar-refractivity contribution in [3.63, 3.8) is 0 Å². The number of nitrogens with zero attached hydrogens (tertiary/aromatic N) is 2. The molecule has 0 aliphatic heterocycles. The molecule has 0 spiro atoms. The summed E-state index contributed by atoms with van der Waals surface area (Å²) >= 11 is 6.70. The second kappa shape index (κ2) is 4.19. The molecule has 0 aliphatic carbocycles. The van der Waals surface area contributed by atoms with E-state index >= 15 is 0 Å². The van der Waals surface area contributed by atoms with Gasteiger partial charge >= 0.3 is 4.87 Å². The molecule has 0 N–H and O–H groups in total. The molecule has 0 bridgehead atoms. The fourth-order valence-electron chi connectivity index (χ4n) is 1.74. The van der Waals surface area contributed by atoms with Gasteiger partial charge in [0.15, 0.2) is 11.6 Å². The van der Waals surface area contributed by atoms with Gasteiger partial charge < -0.3 is 0 Å². The number of hydrogen-bond acceptors (Lipinski definition) is 3. The zero-order valence-corrected chi connectivity index (χ0v) is 10.5. The van der Waals surface area contributed by atoms with Crippen molar-refractivity contribution in [1.82, 2.24) is 9.55 Å². The summed E-state index contributed by atoms with van der Waals surface area (Å²) in [5.74, 6) is -0.644. The number of rotatable bonds is 1. The van der Waals surface area contributed by atoms with Gasteiger partial charge in [-0.2, -0.15) is 0 Å². The molecule has 0 atom stereocenters. The van der Waals surface area contributed by atoms with Crippen LogP contribution in [0.25, 0.3) is 16.0 Å². The maximum atomic E-state index is 13.8. The van der Waals surface area contributed by atoms with E-state index in [0.29, 0.717) is 5.52 Å². The van der Waals surface area contributed by atoms with Crippen molar-refractivity contribution in [3.8, 4) is 5.82 Å². The van der Waals surface area contributed by atoms with Gasteiger partial charge in [0.25, 0.3) is 0 Å². The number of pyridine rings is 1. The number of aromatic nitrogens is 2. The van der Waals surface area contributed by atoms with Crippen LogP contribution in [0.3, 0.4) is 0 Å². The molecular weight excluding hydrogens is 275 g/mol. The number of fused-ring (bicyclic) bond motifs is 1. The molecule has 2 heterocycles. The van der Waals surface area contributed by atoms with Crippen molar-refractivity contribution >= 4 is 33.2 Å². The Morgan fingerprint density at radius 3 is 2.89 bits per heavy atom. The number of benzene rings is 1. The van der Waals surface area contributed by atoms with Crippen LogP contribution in [-0.2, 0) is 0 Å². The summed E-state index contributed by atoms with van der Waals surface area (Å²) in [4.78, 5) is 15.5. The predicted octanol–water partition coefficient (Wildman–Crippen LogP) is 3.24. The standard InChI is InChI=1S/C12H6ClFN2OS/c13-7-5-8(14)11(15-6-7)16-9-3-1-2-4-10(9)18-12(16)17/h1-6H. The second-order valence-electron chi connectivity index (χ2n) is 3.63. The lowest BCUT2D eigenvalue weighted by Gasteiger charge is -2.03. The highest BCUT2D eigenvalue weighted by atomic mass is 35.5. The quantitative estimate of drug-likeness (QED) is 0.686. The lowest BCUT2D eigenvalue weighted by molar-refractivity contribution is 0.610. The van der Waals surface area contributed by atoms with Gasteiger partial charge in [-0.1, -0.05) is 35.1 Å². The van der Waals surface area contributed by atoms with Crippen molar-refractivity contribution in [2.75, 3.05) is 0 Å². The molecule has 6 heteroatoms. The summed E-state index contributed by atoms with van der Waals surface area (Å²) in [5.41, 5.74) is 0.640. The third-order valence-electron chi connectivity index (χ3n) is 2.49. The SMILES string of the molecule is O=c1sc2ccccc2n1-c1ncc(Cl)cc1F. The first-order valence-electron chi connectivity index (χ1n) is 5.09. The Bertz CT molecular complexity index is 796. The highest BCUT2D eigenvalue weighted by Crippen LogP contribution is 2.22. The van der Waals surface area contributed by atoms with E-state index in [1.807, 2.05) is 12.1 Å². The minimum absolute atomic E-state index is 0.0261. The van der Waals surface area contributed by atoms with Gasteiger partial charge in [0.05, 0.1) is 15.2 Å². The lowest BCUT2D eigenvalue weighted by atomic mass is 10.3. The molecule has 0 saturated heterocycles. The van der Waals surface area contributed by atoms with Gasteiger partial charge in [-0.05, 0) is 18.2 Å². The lowest BCUT2D eigenvalue weighted by Crippen LogP contribution is -2.13. The maximum Gasteiger partial charge on any atom is 0.314 e. The van der Waals surface area contributed by atoms with Crippen LogP contribution in [0.2, 0.25) is 5.02 Å². The molecule has 0 amide bonds. The van der Waals surface area contributed by atoms with Crippen molar-refractivity contribution in [2.45, 2.75) is 0 Å². The van der Waals surface area contributed by atoms with E-state index in [4.69, 9.17) is 11.6 Å². The van der Waals surface area contributed by atoms with Crippen LogP contribution in [0.5, 0.6) is 0 Å². The highest BCUT2D eigenvalue weighted by molar-refractivity contribution is 7.16. The summed E-state index contributed by atoms with van der Waals surface area (Å²) in [6.07, 6.45) is 1.32. The average Bonchev–Trinajstić information content (AvgIpc) is 2.66. The zero-order chi connectivity index (χ0) is 12.7. The number of hydrogen-bond donors (Lipinski definition) is 0. The third kappa shape index (κ3) is 1.72. The molecule has 0 radical (unpaired) electrons. The third-order valence-corrected chi connectivity index (χ3v) is 3.62. The molecule has 3 nitrogen and oxygen atoms in total. The van der Waals surface area contributed by atoms with Crippen molar-refractivity contribution in [3.05, 3.63) is 57.0 Å². The Balaban J connectivity index is 2.38.